The van der Waals surface area contributed by atoms with Gasteiger partial charge in [0.05, 0.1) is 33.8 Å². The third-order valence-corrected chi connectivity index (χ3v) is 7.92. The van der Waals surface area contributed by atoms with Crippen LogP contribution in [0, 0.1) is 13.8 Å². The summed E-state index contributed by atoms with van der Waals surface area (Å²) in [5.41, 5.74) is 3.20. The summed E-state index contributed by atoms with van der Waals surface area (Å²) in [6.07, 6.45) is 4.65. The minimum absolute atomic E-state index is 0.0109. The lowest BCUT2D eigenvalue weighted by molar-refractivity contribution is 0.0790. The fourth-order valence-corrected chi connectivity index (χ4v) is 5.05. The Kier molecular flexibility index (Phi) is 4.72. The van der Waals surface area contributed by atoms with Crippen LogP contribution >= 0.6 is 22.9 Å². The number of rotatable bonds is 4. The summed E-state index contributed by atoms with van der Waals surface area (Å²) in [6, 6.07) is 6.09. The Labute approximate surface area is 189 Å². The number of anilines is 1. The lowest BCUT2D eigenvalue weighted by atomic mass is 10.0. The molecule has 8 heteroatoms. The van der Waals surface area contributed by atoms with Crippen molar-refractivity contribution in [2.75, 3.05) is 16.2 Å². The molecule has 1 saturated carbocycles. The van der Waals surface area contributed by atoms with E-state index in [0.717, 1.165) is 41.9 Å². The number of aromatic nitrogens is 3. The molecule has 0 N–H and O–H groups in total. The minimum atomic E-state index is -0.0109. The average molecular weight is 517 g/mol. The van der Waals surface area contributed by atoms with E-state index in [1.165, 1.54) is 6.33 Å². The first-order chi connectivity index (χ1) is 14.4. The first kappa shape index (κ1) is 19.7. The Hall–Kier alpha value is -2.23. The van der Waals surface area contributed by atoms with Crippen LogP contribution in [0.3, 0.4) is 0 Å². The molecule has 156 valence electrons. The summed E-state index contributed by atoms with van der Waals surface area (Å²) < 4.78 is 8.03. The average Bonchev–Trinajstić information content (AvgIpc) is 3.15. The van der Waals surface area contributed by atoms with Crippen molar-refractivity contribution in [2.24, 2.45) is 0 Å². The van der Waals surface area contributed by atoms with E-state index in [-0.39, 0.29) is 17.4 Å². The Morgan fingerprint density at radius 3 is 2.83 bits per heavy atom. The summed E-state index contributed by atoms with van der Waals surface area (Å²) in [4.78, 5) is 29.0. The summed E-state index contributed by atoms with van der Waals surface area (Å²) in [5, 5.41) is 0.722. The van der Waals surface area contributed by atoms with Crippen LogP contribution in [0.2, 0.25) is 0 Å². The van der Waals surface area contributed by atoms with E-state index in [2.05, 4.69) is 53.9 Å². The number of carbonyl (C=O) groups is 1. The number of halogens is 1. The number of carbonyl (C=O) groups excluding carboxylic acids is 1. The molecule has 5 rings (SSSR count). The molecular weight excluding hydrogens is 493 g/mol. The van der Waals surface area contributed by atoms with Gasteiger partial charge in [-0.3, -0.25) is 12.9 Å². The Bertz CT molecular complexity index is 1140. The first-order valence-corrected chi connectivity index (χ1v) is 11.3. The van der Waals surface area contributed by atoms with Gasteiger partial charge >= 0.3 is 0 Å². The largest absolute Gasteiger partial charge is 0.442 e. The van der Waals surface area contributed by atoms with Gasteiger partial charge in [-0.25, -0.2) is 9.97 Å². The highest BCUT2D eigenvalue weighted by atomic mass is 127. The van der Waals surface area contributed by atoms with E-state index in [0.29, 0.717) is 30.1 Å². The molecule has 1 atom stereocenters. The van der Waals surface area contributed by atoms with Crippen molar-refractivity contribution < 1.29 is 9.21 Å². The summed E-state index contributed by atoms with van der Waals surface area (Å²) in [5.74, 6) is 1.61. The van der Waals surface area contributed by atoms with Gasteiger partial charge in [0.15, 0.2) is 5.82 Å². The maximum Gasteiger partial charge on any atom is 0.258 e. The number of aryl methyl sites for hydroxylation is 2. The third kappa shape index (κ3) is 3.25. The number of furan rings is 1. The Morgan fingerprint density at radius 2 is 2.10 bits per heavy atom. The molecule has 30 heavy (non-hydrogen) atoms. The van der Waals surface area contributed by atoms with Crippen LogP contribution in [0.1, 0.15) is 59.6 Å². The summed E-state index contributed by atoms with van der Waals surface area (Å²) in [7, 11) is 0. The topological polar surface area (TPSA) is 75.4 Å². The molecule has 0 bridgehead atoms. The highest BCUT2D eigenvalue weighted by molar-refractivity contribution is 14.1. The molecular formula is C22H24IN5O2. The molecule has 1 aliphatic carbocycles. The molecule has 7 nitrogen and oxygen atoms in total. The molecule has 4 heterocycles. The zero-order chi connectivity index (χ0) is 21.0. The molecule has 1 saturated heterocycles. The van der Waals surface area contributed by atoms with Crippen LogP contribution in [0.15, 0.2) is 28.9 Å². The van der Waals surface area contributed by atoms with E-state index in [1.54, 1.807) is 0 Å². The number of pyridine rings is 1. The fourth-order valence-electron chi connectivity index (χ4n) is 4.20. The molecule has 0 radical (unpaired) electrons. The van der Waals surface area contributed by atoms with Crippen LogP contribution < -0.4 is 3.11 Å². The summed E-state index contributed by atoms with van der Waals surface area (Å²) in [6.45, 7) is 7.42. The number of likely N-dealkylation sites (tertiary alicyclic amines) is 1. The number of amides is 1. The maximum absolute atomic E-state index is 13.6. The van der Waals surface area contributed by atoms with Gasteiger partial charge in [0, 0.05) is 35.9 Å². The Balaban J connectivity index is 1.49. The van der Waals surface area contributed by atoms with E-state index < -0.39 is 0 Å². The maximum atomic E-state index is 13.6. The lowest BCUT2D eigenvalue weighted by Crippen LogP contribution is -2.30. The van der Waals surface area contributed by atoms with Gasteiger partial charge in [-0.15, -0.1) is 0 Å². The normalized spacial score (nSPS) is 20.0. The van der Waals surface area contributed by atoms with Crippen molar-refractivity contribution in [3.05, 3.63) is 47.2 Å². The van der Waals surface area contributed by atoms with E-state index >= 15 is 0 Å². The molecule has 0 spiro atoms. The van der Waals surface area contributed by atoms with Crippen molar-refractivity contribution in [3.63, 3.8) is 0 Å². The van der Waals surface area contributed by atoms with Crippen molar-refractivity contribution in [3.8, 4) is 0 Å². The van der Waals surface area contributed by atoms with Crippen LogP contribution in [0.25, 0.3) is 11.1 Å². The van der Waals surface area contributed by atoms with Crippen LogP contribution in [0.5, 0.6) is 0 Å². The number of hydrogen-bond acceptors (Lipinski definition) is 6. The van der Waals surface area contributed by atoms with Crippen molar-refractivity contribution in [1.82, 2.24) is 19.9 Å². The molecule has 3 aromatic heterocycles. The molecule has 1 unspecified atom stereocenters. The standard InChI is InChI=1S/C22H24IN5O2/c1-13-5-4-6-16(26-13)15-7-10-27(11-15)21(29)17-14(2)30-20-18(17)19(24-12-25-20)28(23)22(3)8-9-22/h4-6,12,15H,7-11H2,1-3H3. The highest BCUT2D eigenvalue weighted by Crippen LogP contribution is 2.47. The van der Waals surface area contributed by atoms with Gasteiger partial charge in [-0.1, -0.05) is 6.07 Å². The molecule has 1 amide bonds. The van der Waals surface area contributed by atoms with Crippen molar-refractivity contribution in [1.29, 1.82) is 0 Å². The van der Waals surface area contributed by atoms with E-state index in [4.69, 9.17) is 4.42 Å². The highest BCUT2D eigenvalue weighted by Gasteiger charge is 2.45. The SMILES string of the molecule is Cc1cccc(C2CCN(C(=O)c3c(C)oc4ncnc(N(I)C5(C)CC5)c34)C2)n1. The second-order valence-corrected chi connectivity index (χ2v) is 9.59. The lowest BCUT2D eigenvalue weighted by Gasteiger charge is -2.24. The van der Waals surface area contributed by atoms with Gasteiger partial charge < -0.3 is 9.32 Å². The van der Waals surface area contributed by atoms with Crippen LogP contribution in [-0.4, -0.2) is 44.4 Å². The predicted octanol–water partition coefficient (Wildman–Crippen LogP) is 4.57. The van der Waals surface area contributed by atoms with Gasteiger partial charge in [0.2, 0.25) is 5.71 Å². The third-order valence-electron chi connectivity index (χ3n) is 6.30. The second-order valence-electron chi connectivity index (χ2n) is 8.63. The zero-order valence-electron chi connectivity index (χ0n) is 17.4. The minimum Gasteiger partial charge on any atom is -0.442 e. The number of fused-ring (bicyclic) bond motifs is 1. The van der Waals surface area contributed by atoms with Crippen molar-refractivity contribution in [2.45, 2.75) is 51.5 Å². The monoisotopic (exact) mass is 517 g/mol. The van der Waals surface area contributed by atoms with Gasteiger partial charge in [-0.2, -0.15) is 0 Å². The smallest absolute Gasteiger partial charge is 0.258 e. The van der Waals surface area contributed by atoms with Crippen molar-refractivity contribution >= 4 is 45.7 Å². The molecule has 1 aliphatic heterocycles. The van der Waals surface area contributed by atoms with Gasteiger partial charge in [-0.05, 0) is 52.2 Å². The fraction of sp³-hybridized carbons (Fsp3) is 0.455. The number of nitrogens with zero attached hydrogens (tertiary/aromatic N) is 5. The first-order valence-electron chi connectivity index (χ1n) is 10.3. The van der Waals surface area contributed by atoms with Crippen LogP contribution in [-0.2, 0) is 0 Å². The van der Waals surface area contributed by atoms with Gasteiger partial charge in [0.25, 0.3) is 5.91 Å². The molecule has 0 aromatic carbocycles. The number of hydrogen-bond donors (Lipinski definition) is 0. The summed E-state index contributed by atoms with van der Waals surface area (Å²) >= 11 is 2.30. The quantitative estimate of drug-likeness (QED) is 0.373. The van der Waals surface area contributed by atoms with Crippen LogP contribution in [0.4, 0.5) is 5.82 Å². The van der Waals surface area contributed by atoms with E-state index in [9.17, 15) is 4.79 Å². The predicted molar refractivity (Wildman–Crippen MR) is 123 cm³/mol. The van der Waals surface area contributed by atoms with Gasteiger partial charge in [0.1, 0.15) is 12.1 Å². The molecule has 2 aliphatic rings. The van der Waals surface area contributed by atoms with E-state index in [1.807, 2.05) is 30.9 Å². The molecule has 3 aromatic rings. The second kappa shape index (κ2) is 7.18. The Morgan fingerprint density at radius 1 is 1.30 bits per heavy atom. The molecule has 2 fully saturated rings. The zero-order valence-corrected chi connectivity index (χ0v) is 19.5.